The van der Waals surface area contributed by atoms with Crippen LogP contribution in [0.2, 0.25) is 10.0 Å². The molecule has 18 heavy (non-hydrogen) atoms. The number of nitrogens with one attached hydrogen (secondary N) is 1. The molecule has 1 aliphatic heterocycles. The molecular formula is C12H13Cl2NO2S. The number of halogens is 2. The molecule has 2 rings (SSSR count). The first-order valence-corrected chi connectivity index (χ1v) is 7.70. The lowest BCUT2D eigenvalue weighted by Gasteiger charge is -2.13. The Bertz CT molecular complexity index is 493. The maximum atomic E-state index is 12.4. The molecule has 1 N–H and O–H groups in total. The van der Waals surface area contributed by atoms with Gasteiger partial charge in [-0.15, -0.1) is 0 Å². The number of benzene rings is 1. The van der Waals surface area contributed by atoms with Crippen LogP contribution < -0.4 is 5.32 Å². The highest BCUT2D eigenvalue weighted by Gasteiger charge is 2.28. The van der Waals surface area contributed by atoms with E-state index in [4.69, 9.17) is 23.2 Å². The van der Waals surface area contributed by atoms with Crippen LogP contribution >= 0.6 is 23.2 Å². The zero-order valence-electron chi connectivity index (χ0n) is 9.62. The standard InChI is InChI=1S/C12H13Cl2NO2S/c13-8-4-5-10(9(14)7-8)18(17)11-3-1-2-6-15-12(11)16/h4-5,7,11H,1-3,6H2,(H,15,16). The average molecular weight is 306 g/mol. The third-order valence-electron chi connectivity index (χ3n) is 2.85. The summed E-state index contributed by atoms with van der Waals surface area (Å²) in [6, 6.07) is 4.80. The van der Waals surface area contributed by atoms with Crippen molar-refractivity contribution in [2.45, 2.75) is 29.4 Å². The maximum Gasteiger partial charge on any atom is 0.236 e. The van der Waals surface area contributed by atoms with Crippen molar-refractivity contribution in [2.24, 2.45) is 0 Å². The monoisotopic (exact) mass is 305 g/mol. The van der Waals surface area contributed by atoms with Crippen molar-refractivity contribution in [3.63, 3.8) is 0 Å². The van der Waals surface area contributed by atoms with Crippen LogP contribution in [-0.4, -0.2) is 21.9 Å². The Morgan fingerprint density at radius 1 is 1.28 bits per heavy atom. The van der Waals surface area contributed by atoms with Crippen LogP contribution in [0.5, 0.6) is 0 Å². The van der Waals surface area contributed by atoms with Gasteiger partial charge in [0.25, 0.3) is 0 Å². The molecule has 3 nitrogen and oxygen atoms in total. The Balaban J connectivity index is 2.26. The van der Waals surface area contributed by atoms with Gasteiger partial charge in [-0.25, -0.2) is 0 Å². The molecule has 0 spiro atoms. The van der Waals surface area contributed by atoms with Crippen LogP contribution in [0.4, 0.5) is 0 Å². The minimum absolute atomic E-state index is 0.156. The molecule has 0 saturated carbocycles. The van der Waals surface area contributed by atoms with Gasteiger partial charge >= 0.3 is 0 Å². The van der Waals surface area contributed by atoms with Gasteiger partial charge in [-0.05, 0) is 37.5 Å². The second-order valence-electron chi connectivity index (χ2n) is 4.15. The smallest absolute Gasteiger partial charge is 0.236 e. The third-order valence-corrected chi connectivity index (χ3v) is 5.27. The van der Waals surface area contributed by atoms with Gasteiger partial charge < -0.3 is 5.32 Å². The van der Waals surface area contributed by atoms with Gasteiger partial charge in [-0.2, -0.15) is 0 Å². The molecule has 6 heteroatoms. The molecule has 1 heterocycles. The maximum absolute atomic E-state index is 12.4. The van der Waals surface area contributed by atoms with Gasteiger partial charge in [-0.1, -0.05) is 23.2 Å². The predicted molar refractivity (Wildman–Crippen MR) is 73.5 cm³/mol. The lowest BCUT2D eigenvalue weighted by molar-refractivity contribution is -0.120. The van der Waals surface area contributed by atoms with Gasteiger partial charge in [0.2, 0.25) is 5.91 Å². The second kappa shape index (κ2) is 6.04. The van der Waals surface area contributed by atoms with Crippen LogP contribution in [-0.2, 0) is 15.6 Å². The minimum Gasteiger partial charge on any atom is -0.355 e. The van der Waals surface area contributed by atoms with Gasteiger partial charge in [0.05, 0.1) is 20.7 Å². The Kier molecular flexibility index (Phi) is 4.65. The topological polar surface area (TPSA) is 46.2 Å². The summed E-state index contributed by atoms with van der Waals surface area (Å²) in [4.78, 5) is 12.3. The van der Waals surface area contributed by atoms with Crippen LogP contribution in [0.3, 0.4) is 0 Å². The molecule has 1 aliphatic rings. The van der Waals surface area contributed by atoms with Crippen molar-refractivity contribution in [3.8, 4) is 0 Å². The number of hydrogen-bond acceptors (Lipinski definition) is 2. The van der Waals surface area contributed by atoms with Crippen molar-refractivity contribution in [3.05, 3.63) is 28.2 Å². The molecule has 1 aromatic carbocycles. The fraction of sp³-hybridized carbons (Fsp3) is 0.417. The van der Waals surface area contributed by atoms with E-state index in [9.17, 15) is 9.00 Å². The van der Waals surface area contributed by atoms with Crippen molar-refractivity contribution >= 4 is 39.9 Å². The molecule has 0 bridgehead atoms. The summed E-state index contributed by atoms with van der Waals surface area (Å²) in [6.07, 6.45) is 2.44. The molecule has 1 fully saturated rings. The molecular weight excluding hydrogens is 293 g/mol. The summed E-state index contributed by atoms with van der Waals surface area (Å²) in [6.45, 7) is 0.654. The van der Waals surface area contributed by atoms with Crippen molar-refractivity contribution in [2.75, 3.05) is 6.54 Å². The molecule has 2 unspecified atom stereocenters. The molecule has 0 aromatic heterocycles. The van der Waals surface area contributed by atoms with Gasteiger partial charge in [-0.3, -0.25) is 9.00 Å². The van der Waals surface area contributed by atoms with E-state index < -0.39 is 16.0 Å². The quantitative estimate of drug-likeness (QED) is 0.913. The Morgan fingerprint density at radius 3 is 2.78 bits per heavy atom. The van der Waals surface area contributed by atoms with E-state index in [1.165, 1.54) is 0 Å². The SMILES string of the molecule is O=C1NCCCCC1S(=O)c1ccc(Cl)cc1Cl. The Hall–Kier alpha value is -0.580. The fourth-order valence-electron chi connectivity index (χ4n) is 1.91. The van der Waals surface area contributed by atoms with Crippen LogP contribution in [0, 0.1) is 0 Å². The van der Waals surface area contributed by atoms with Crippen molar-refractivity contribution < 1.29 is 9.00 Å². The van der Waals surface area contributed by atoms with Crippen LogP contribution in [0.1, 0.15) is 19.3 Å². The number of hydrogen-bond donors (Lipinski definition) is 1. The van der Waals surface area contributed by atoms with Crippen LogP contribution in [0.25, 0.3) is 0 Å². The highest BCUT2D eigenvalue weighted by molar-refractivity contribution is 7.86. The van der Waals surface area contributed by atoms with Crippen LogP contribution in [0.15, 0.2) is 23.1 Å². The van der Waals surface area contributed by atoms with E-state index in [2.05, 4.69) is 5.32 Å². The third kappa shape index (κ3) is 3.05. The summed E-state index contributed by atoms with van der Waals surface area (Å²) in [5.41, 5.74) is 0. The average Bonchev–Trinajstić information content (AvgIpc) is 2.53. The highest BCUT2D eigenvalue weighted by Crippen LogP contribution is 2.27. The zero-order chi connectivity index (χ0) is 13.1. The summed E-state index contributed by atoms with van der Waals surface area (Å²) in [5.74, 6) is -0.156. The summed E-state index contributed by atoms with van der Waals surface area (Å²) in [5, 5.41) is 3.09. The molecule has 1 saturated heterocycles. The highest BCUT2D eigenvalue weighted by atomic mass is 35.5. The van der Waals surface area contributed by atoms with E-state index in [0.29, 0.717) is 27.9 Å². The number of rotatable bonds is 2. The van der Waals surface area contributed by atoms with E-state index in [-0.39, 0.29) is 5.91 Å². The van der Waals surface area contributed by atoms with E-state index in [1.54, 1.807) is 18.2 Å². The van der Waals surface area contributed by atoms with E-state index >= 15 is 0 Å². The lowest BCUT2D eigenvalue weighted by atomic mass is 10.2. The predicted octanol–water partition coefficient (Wildman–Crippen LogP) is 2.77. The van der Waals surface area contributed by atoms with Gasteiger partial charge in [0, 0.05) is 11.6 Å². The zero-order valence-corrected chi connectivity index (χ0v) is 11.9. The number of carbonyl (C=O) groups excluding carboxylic acids is 1. The molecule has 98 valence electrons. The number of carbonyl (C=O) groups is 1. The summed E-state index contributed by atoms with van der Waals surface area (Å²) in [7, 11) is -1.43. The first-order chi connectivity index (χ1) is 8.59. The van der Waals surface area contributed by atoms with E-state index in [1.807, 2.05) is 0 Å². The van der Waals surface area contributed by atoms with Crippen molar-refractivity contribution in [1.82, 2.24) is 5.32 Å². The normalized spacial score (nSPS) is 22.1. The molecule has 1 amide bonds. The first-order valence-electron chi connectivity index (χ1n) is 5.73. The molecule has 0 aliphatic carbocycles. The Morgan fingerprint density at radius 2 is 2.06 bits per heavy atom. The summed E-state index contributed by atoms with van der Waals surface area (Å²) >= 11 is 11.8. The fourth-order valence-corrected chi connectivity index (χ4v) is 3.96. The summed E-state index contributed by atoms with van der Waals surface area (Å²) < 4.78 is 12.4. The largest absolute Gasteiger partial charge is 0.355 e. The van der Waals surface area contributed by atoms with Crippen molar-refractivity contribution in [1.29, 1.82) is 0 Å². The molecule has 2 atom stereocenters. The Labute approximate surface area is 118 Å². The van der Waals surface area contributed by atoms with Gasteiger partial charge in [0.1, 0.15) is 5.25 Å². The first kappa shape index (κ1) is 13.8. The lowest BCUT2D eigenvalue weighted by Crippen LogP contribution is -2.35. The van der Waals surface area contributed by atoms with Gasteiger partial charge in [0.15, 0.2) is 0 Å². The second-order valence-corrected chi connectivity index (χ2v) is 6.59. The molecule has 0 radical (unpaired) electrons. The number of amides is 1. The minimum atomic E-state index is -1.43. The molecule has 1 aromatic rings. The van der Waals surface area contributed by atoms with E-state index in [0.717, 1.165) is 12.8 Å².